The highest BCUT2D eigenvalue weighted by Crippen LogP contribution is 2.33. The summed E-state index contributed by atoms with van der Waals surface area (Å²) in [5, 5.41) is 8.39. The normalized spacial score (nSPS) is 12.6. The van der Waals surface area contributed by atoms with Crippen LogP contribution in [0.5, 0.6) is 5.75 Å². The first-order valence-electron chi connectivity index (χ1n) is 10.5. The molecule has 2 aromatic carbocycles. The number of rotatable bonds is 6. The highest BCUT2D eigenvalue weighted by molar-refractivity contribution is 6.30. The molecular formula is C23H24ClF6N3O. The zero-order valence-corrected chi connectivity index (χ0v) is 19.5. The molecule has 11 heteroatoms. The van der Waals surface area contributed by atoms with Gasteiger partial charge in [-0.2, -0.15) is 13.2 Å². The van der Waals surface area contributed by atoms with E-state index >= 15 is 0 Å². The van der Waals surface area contributed by atoms with Crippen molar-refractivity contribution in [3.8, 4) is 17.1 Å². The summed E-state index contributed by atoms with van der Waals surface area (Å²) in [5.41, 5.74) is 0.881. The maximum atomic E-state index is 13.3. The first-order chi connectivity index (χ1) is 15.9. The van der Waals surface area contributed by atoms with Gasteiger partial charge in [0.2, 0.25) is 0 Å². The van der Waals surface area contributed by atoms with Crippen molar-refractivity contribution < 1.29 is 31.1 Å². The minimum absolute atomic E-state index is 0.0905. The van der Waals surface area contributed by atoms with Gasteiger partial charge in [0.25, 0.3) is 0 Å². The summed E-state index contributed by atoms with van der Waals surface area (Å²) in [6.45, 7) is 4.70. The van der Waals surface area contributed by atoms with Gasteiger partial charge in [-0.25, -0.2) is 0 Å². The molecule has 3 rings (SSSR count). The average Bonchev–Trinajstić information content (AvgIpc) is 3.11. The quantitative estimate of drug-likeness (QED) is 0.317. The maximum absolute atomic E-state index is 13.3. The molecule has 34 heavy (non-hydrogen) atoms. The van der Waals surface area contributed by atoms with Gasteiger partial charge in [-0.15, -0.1) is 23.4 Å². The van der Waals surface area contributed by atoms with E-state index in [9.17, 15) is 26.3 Å². The largest absolute Gasteiger partial charge is 0.573 e. The Morgan fingerprint density at radius 3 is 1.91 bits per heavy atom. The molecule has 0 bridgehead atoms. The van der Waals surface area contributed by atoms with Crippen LogP contribution in [0.2, 0.25) is 5.02 Å². The molecule has 0 spiro atoms. The molecule has 0 aliphatic carbocycles. The lowest BCUT2D eigenvalue weighted by Crippen LogP contribution is -2.22. The summed E-state index contributed by atoms with van der Waals surface area (Å²) in [4.78, 5) is 0. The van der Waals surface area contributed by atoms with Crippen LogP contribution in [0, 0.1) is 0 Å². The van der Waals surface area contributed by atoms with Crippen molar-refractivity contribution in [2.75, 3.05) is 0 Å². The minimum atomic E-state index is -4.88. The van der Waals surface area contributed by atoms with Gasteiger partial charge in [0.05, 0.1) is 0 Å². The molecule has 0 radical (unpaired) electrons. The molecule has 1 atom stereocenters. The van der Waals surface area contributed by atoms with Crippen LogP contribution in [0.3, 0.4) is 0 Å². The topological polar surface area (TPSA) is 39.9 Å². The summed E-state index contributed by atoms with van der Waals surface area (Å²) in [5.74, 6) is -1.01. The zero-order chi connectivity index (χ0) is 25.5. The molecule has 1 unspecified atom stereocenters. The van der Waals surface area contributed by atoms with Crippen LogP contribution in [0.25, 0.3) is 11.4 Å². The van der Waals surface area contributed by atoms with E-state index in [-0.39, 0.29) is 17.2 Å². The molecule has 0 fully saturated rings. The highest BCUT2D eigenvalue weighted by atomic mass is 35.5. The summed E-state index contributed by atoms with van der Waals surface area (Å²) in [6, 6.07) is 11.1. The van der Waals surface area contributed by atoms with Gasteiger partial charge in [-0.3, -0.25) is 0 Å². The Bertz CT molecular complexity index is 1030. The van der Waals surface area contributed by atoms with Gasteiger partial charge in [-0.1, -0.05) is 50.9 Å². The van der Waals surface area contributed by atoms with Crippen LogP contribution in [-0.2, 0) is 6.54 Å². The van der Waals surface area contributed by atoms with Crippen molar-refractivity contribution in [2.45, 2.75) is 58.6 Å². The first-order valence-corrected chi connectivity index (χ1v) is 10.9. The second-order valence-corrected chi connectivity index (χ2v) is 7.81. The lowest BCUT2D eigenvalue weighted by molar-refractivity contribution is -0.274. The minimum Gasteiger partial charge on any atom is -0.406 e. The van der Waals surface area contributed by atoms with E-state index in [4.69, 9.17) is 11.6 Å². The van der Waals surface area contributed by atoms with E-state index in [0.29, 0.717) is 17.0 Å². The molecule has 0 aliphatic rings. The van der Waals surface area contributed by atoms with Crippen LogP contribution < -0.4 is 4.74 Å². The van der Waals surface area contributed by atoms with Crippen molar-refractivity contribution in [2.24, 2.45) is 0 Å². The summed E-state index contributed by atoms with van der Waals surface area (Å²) < 4.78 is 81.8. The van der Waals surface area contributed by atoms with Gasteiger partial charge < -0.3 is 9.30 Å². The van der Waals surface area contributed by atoms with E-state index in [1.165, 1.54) is 18.6 Å². The van der Waals surface area contributed by atoms with Crippen LogP contribution in [0.1, 0.15) is 50.9 Å². The number of nitrogens with zero attached hydrogens (tertiary/aromatic N) is 3. The number of halogens is 7. The van der Waals surface area contributed by atoms with E-state index in [2.05, 4.69) is 28.8 Å². The van der Waals surface area contributed by atoms with Crippen LogP contribution in [0.15, 0.2) is 48.5 Å². The van der Waals surface area contributed by atoms with Gasteiger partial charge in [0.1, 0.15) is 18.1 Å². The summed E-state index contributed by atoms with van der Waals surface area (Å²) >= 11 is 5.90. The Hall–Kier alpha value is -2.75. The number of hydrogen-bond acceptors (Lipinski definition) is 3. The lowest BCUT2D eigenvalue weighted by Gasteiger charge is -2.19. The van der Waals surface area contributed by atoms with E-state index in [1.807, 2.05) is 0 Å². The van der Waals surface area contributed by atoms with Crippen LogP contribution >= 0.6 is 11.6 Å². The molecule has 0 amide bonds. The Balaban J connectivity index is 0.00000129. The Morgan fingerprint density at radius 1 is 0.882 bits per heavy atom. The predicted molar refractivity (Wildman–Crippen MR) is 118 cm³/mol. The van der Waals surface area contributed by atoms with Crippen molar-refractivity contribution in [3.63, 3.8) is 0 Å². The van der Waals surface area contributed by atoms with E-state index in [0.717, 1.165) is 16.7 Å². The zero-order valence-electron chi connectivity index (χ0n) is 18.7. The van der Waals surface area contributed by atoms with E-state index < -0.39 is 30.8 Å². The summed E-state index contributed by atoms with van der Waals surface area (Å²) in [6.07, 6.45) is -7.75. The van der Waals surface area contributed by atoms with Crippen molar-refractivity contribution in [3.05, 3.63) is 64.9 Å². The number of ether oxygens (including phenoxy) is 1. The molecule has 0 N–H and O–H groups in total. The maximum Gasteiger partial charge on any atom is 0.573 e. The summed E-state index contributed by atoms with van der Waals surface area (Å²) in [7, 11) is 0. The molecule has 1 heterocycles. The number of benzene rings is 2. The van der Waals surface area contributed by atoms with Gasteiger partial charge in [-0.05, 0) is 48.4 Å². The van der Waals surface area contributed by atoms with Gasteiger partial charge in [0.15, 0.2) is 5.82 Å². The molecular weight excluding hydrogens is 484 g/mol. The molecule has 1 aromatic heterocycles. The Labute approximate surface area is 198 Å². The third kappa shape index (κ3) is 7.93. The Morgan fingerprint density at radius 2 is 1.44 bits per heavy atom. The predicted octanol–water partition coefficient (Wildman–Crippen LogP) is 8.02. The van der Waals surface area contributed by atoms with Crippen molar-refractivity contribution in [1.29, 1.82) is 0 Å². The fourth-order valence-corrected chi connectivity index (χ4v) is 3.32. The van der Waals surface area contributed by atoms with Crippen LogP contribution in [-0.4, -0.2) is 27.3 Å². The molecule has 0 saturated carbocycles. The van der Waals surface area contributed by atoms with Crippen molar-refractivity contribution in [1.82, 2.24) is 14.8 Å². The van der Waals surface area contributed by atoms with Gasteiger partial charge in [0, 0.05) is 16.5 Å². The second kappa shape index (κ2) is 11.6. The number of hydrogen-bond donors (Lipinski definition) is 0. The molecule has 0 saturated heterocycles. The smallest absolute Gasteiger partial charge is 0.406 e. The van der Waals surface area contributed by atoms with E-state index in [1.54, 1.807) is 31.2 Å². The van der Waals surface area contributed by atoms with Crippen molar-refractivity contribution >= 4 is 11.6 Å². The third-order valence-electron chi connectivity index (χ3n) is 4.46. The lowest BCUT2D eigenvalue weighted by atomic mass is 9.95. The fraction of sp³-hybridized carbons (Fsp3) is 0.391. The molecule has 0 aliphatic heterocycles. The fourth-order valence-electron chi connectivity index (χ4n) is 3.19. The molecule has 3 aromatic rings. The van der Waals surface area contributed by atoms with Gasteiger partial charge >= 0.3 is 12.5 Å². The third-order valence-corrected chi connectivity index (χ3v) is 4.71. The average molecular weight is 508 g/mol. The first kappa shape index (κ1) is 27.5. The standard InChI is InChI=1S/C20H16ClF6N3O.C3H8/c1-2-16(12-3-7-14(21)8-4-12)18-29-28-17(30(18)11-19(22,23)24)13-5-9-15(10-6-13)31-20(25,26)27;1-3-2/h3-10,16H,2,11H2,1H3;3H2,1-2H3. The SMILES string of the molecule is CCC.CCC(c1ccc(Cl)cc1)c1nnc(-c2ccc(OC(F)(F)F)cc2)n1CC(F)(F)F. The molecule has 4 nitrogen and oxygen atoms in total. The van der Waals surface area contributed by atoms with Crippen LogP contribution in [0.4, 0.5) is 26.3 Å². The number of aromatic nitrogens is 3. The number of alkyl halides is 6. The monoisotopic (exact) mass is 507 g/mol. The Kier molecular flexibility index (Phi) is 9.37. The molecule has 186 valence electrons. The second-order valence-electron chi connectivity index (χ2n) is 7.37. The highest BCUT2D eigenvalue weighted by Gasteiger charge is 2.34.